The molecule has 0 saturated heterocycles. The average Bonchev–Trinajstić information content (AvgIpc) is 3.33. The molecule has 1 amide bonds. The van der Waals surface area contributed by atoms with Gasteiger partial charge in [-0.15, -0.1) is 0 Å². The Morgan fingerprint density at radius 2 is 1.58 bits per heavy atom. The van der Waals surface area contributed by atoms with E-state index in [1.54, 1.807) is 30.3 Å². The molecule has 0 bridgehead atoms. The number of hydrogen-bond acceptors (Lipinski definition) is 5. The summed E-state index contributed by atoms with van der Waals surface area (Å²) in [6.07, 6.45) is 4.78. The molecule has 0 fully saturated rings. The molecule has 1 heterocycles. The molecule has 178 valence electrons. The van der Waals surface area contributed by atoms with Crippen LogP contribution >= 0.6 is 0 Å². The van der Waals surface area contributed by atoms with Crippen molar-refractivity contribution in [2.24, 2.45) is 0 Å². The Morgan fingerprint density at radius 1 is 0.944 bits per heavy atom. The Kier molecular flexibility index (Phi) is 8.03. The fourth-order valence-electron chi connectivity index (χ4n) is 3.65. The van der Waals surface area contributed by atoms with Crippen LogP contribution in [-0.2, 0) is 20.9 Å². The third kappa shape index (κ3) is 6.33. The number of anilines is 1. The van der Waals surface area contributed by atoms with Crippen LogP contribution in [0.3, 0.4) is 0 Å². The van der Waals surface area contributed by atoms with Crippen molar-refractivity contribution in [3.05, 3.63) is 114 Å². The third-order valence-corrected chi connectivity index (χ3v) is 5.36. The molecule has 0 atom stereocenters. The normalized spacial score (nSPS) is 10.6. The molecule has 0 saturated carbocycles. The maximum absolute atomic E-state index is 12.6. The van der Waals surface area contributed by atoms with Gasteiger partial charge in [0.1, 0.15) is 6.54 Å². The zero-order valence-electron chi connectivity index (χ0n) is 19.5. The van der Waals surface area contributed by atoms with E-state index in [-0.39, 0.29) is 6.54 Å². The quantitative estimate of drug-likeness (QED) is 0.198. The van der Waals surface area contributed by atoms with Crippen molar-refractivity contribution < 1.29 is 14.3 Å². The molecule has 4 aromatic rings. The van der Waals surface area contributed by atoms with Crippen LogP contribution in [-0.4, -0.2) is 34.8 Å². The van der Waals surface area contributed by atoms with Crippen molar-refractivity contribution in [1.82, 2.24) is 9.78 Å². The summed E-state index contributed by atoms with van der Waals surface area (Å²) in [4.78, 5) is 26.3. The summed E-state index contributed by atoms with van der Waals surface area (Å²) in [5, 5.41) is 13.8. The van der Waals surface area contributed by atoms with Crippen LogP contribution in [0.15, 0.2) is 103 Å². The van der Waals surface area contributed by atoms with Gasteiger partial charge in [0.2, 0.25) is 0 Å². The molecule has 7 nitrogen and oxygen atoms in total. The van der Waals surface area contributed by atoms with Gasteiger partial charge in [-0.2, -0.15) is 10.4 Å². The van der Waals surface area contributed by atoms with E-state index in [2.05, 4.69) is 0 Å². The number of ether oxygens (including phenoxy) is 1. The van der Waals surface area contributed by atoms with E-state index in [0.29, 0.717) is 12.2 Å². The summed E-state index contributed by atoms with van der Waals surface area (Å²) < 4.78 is 6.99. The summed E-state index contributed by atoms with van der Waals surface area (Å²) in [7, 11) is 0. The first-order valence-corrected chi connectivity index (χ1v) is 11.4. The molecule has 0 radical (unpaired) electrons. The second-order valence-electron chi connectivity index (χ2n) is 7.90. The van der Waals surface area contributed by atoms with Gasteiger partial charge in [-0.1, -0.05) is 78.9 Å². The average molecular weight is 477 g/mol. The van der Waals surface area contributed by atoms with Gasteiger partial charge >= 0.3 is 5.97 Å². The fraction of sp³-hybridized carbons (Fsp3) is 0.103. The van der Waals surface area contributed by atoms with E-state index >= 15 is 0 Å². The van der Waals surface area contributed by atoms with E-state index in [0.717, 1.165) is 22.4 Å². The predicted molar refractivity (Wildman–Crippen MR) is 138 cm³/mol. The number of carbonyl (C=O) groups is 2. The smallest absolute Gasteiger partial charge is 0.331 e. The Bertz CT molecular complexity index is 1370. The first-order chi connectivity index (χ1) is 17.6. The van der Waals surface area contributed by atoms with Gasteiger partial charge in [0.25, 0.3) is 5.91 Å². The highest BCUT2D eigenvalue weighted by atomic mass is 16.5. The summed E-state index contributed by atoms with van der Waals surface area (Å²) in [5.41, 5.74) is 4.07. The van der Waals surface area contributed by atoms with Crippen LogP contribution in [0.1, 0.15) is 11.1 Å². The molecule has 0 aliphatic carbocycles. The minimum atomic E-state index is -0.664. The van der Waals surface area contributed by atoms with Gasteiger partial charge in [0.05, 0.1) is 18.3 Å². The lowest BCUT2D eigenvalue weighted by molar-refractivity contribution is -0.142. The summed E-state index contributed by atoms with van der Waals surface area (Å²) in [5.74, 6) is -1.15. The van der Waals surface area contributed by atoms with Crippen LogP contribution in [0, 0.1) is 11.3 Å². The zero-order chi connectivity index (χ0) is 25.2. The number of carbonyl (C=O) groups excluding carboxylic acids is 2. The first-order valence-electron chi connectivity index (χ1n) is 11.4. The van der Waals surface area contributed by atoms with Crippen LogP contribution in [0.2, 0.25) is 0 Å². The molecular weight excluding hydrogens is 452 g/mol. The zero-order valence-corrected chi connectivity index (χ0v) is 19.5. The number of amides is 1. The minimum absolute atomic E-state index is 0.142. The van der Waals surface area contributed by atoms with Crippen LogP contribution in [0.5, 0.6) is 0 Å². The molecule has 0 N–H and O–H groups in total. The lowest BCUT2D eigenvalue weighted by Gasteiger charge is -2.19. The Labute approximate surface area is 209 Å². The molecule has 0 unspecified atom stereocenters. The van der Waals surface area contributed by atoms with Gasteiger partial charge in [0, 0.05) is 29.1 Å². The van der Waals surface area contributed by atoms with Crippen LogP contribution in [0.4, 0.5) is 5.69 Å². The highest BCUT2D eigenvalue weighted by molar-refractivity contribution is 5.97. The molecule has 36 heavy (non-hydrogen) atoms. The van der Waals surface area contributed by atoms with E-state index in [4.69, 9.17) is 15.1 Å². The van der Waals surface area contributed by atoms with Gasteiger partial charge in [-0.3, -0.25) is 14.4 Å². The molecule has 7 heteroatoms. The number of aromatic nitrogens is 2. The van der Waals surface area contributed by atoms with Crippen molar-refractivity contribution >= 4 is 23.6 Å². The number of hydrogen-bond donors (Lipinski definition) is 0. The van der Waals surface area contributed by atoms with Crippen LogP contribution in [0.25, 0.3) is 17.3 Å². The van der Waals surface area contributed by atoms with E-state index in [1.165, 1.54) is 11.0 Å². The molecule has 4 rings (SSSR count). The minimum Gasteiger partial charge on any atom is -0.452 e. The van der Waals surface area contributed by atoms with Gasteiger partial charge < -0.3 is 4.74 Å². The van der Waals surface area contributed by atoms with Crippen molar-refractivity contribution in [2.75, 3.05) is 18.1 Å². The number of para-hydroxylation sites is 1. The summed E-state index contributed by atoms with van der Waals surface area (Å²) >= 11 is 0. The third-order valence-electron chi connectivity index (χ3n) is 5.36. The van der Waals surface area contributed by atoms with Gasteiger partial charge in [-0.25, -0.2) is 4.79 Å². The Balaban J connectivity index is 1.46. The topological polar surface area (TPSA) is 88.2 Å². The van der Waals surface area contributed by atoms with Crippen LogP contribution < -0.4 is 4.90 Å². The summed E-state index contributed by atoms with van der Waals surface area (Å²) in [6.45, 7) is -0.0303. The van der Waals surface area contributed by atoms with E-state index in [1.807, 2.05) is 83.7 Å². The first kappa shape index (κ1) is 24.2. The number of nitriles is 1. The second kappa shape index (κ2) is 12.0. The SMILES string of the molecule is N#CCN(C(=O)COC(=O)/C=C/c1cn(Cc2ccccc2)nc1-c1ccccc1)c1ccccc1. The summed E-state index contributed by atoms with van der Waals surface area (Å²) in [6, 6.07) is 30.4. The van der Waals surface area contributed by atoms with Crippen molar-refractivity contribution in [3.63, 3.8) is 0 Å². The van der Waals surface area contributed by atoms with E-state index < -0.39 is 18.5 Å². The second-order valence-corrected chi connectivity index (χ2v) is 7.90. The fourth-order valence-corrected chi connectivity index (χ4v) is 3.65. The number of rotatable bonds is 9. The van der Waals surface area contributed by atoms with Crippen molar-refractivity contribution in [1.29, 1.82) is 5.26 Å². The lowest BCUT2D eigenvalue weighted by atomic mass is 10.1. The maximum atomic E-state index is 12.6. The molecule has 3 aromatic carbocycles. The lowest BCUT2D eigenvalue weighted by Crippen LogP contribution is -2.34. The molecule has 0 aliphatic heterocycles. The molecular formula is C29H24N4O3. The molecule has 0 spiro atoms. The largest absolute Gasteiger partial charge is 0.452 e. The predicted octanol–water partition coefficient (Wildman–Crippen LogP) is 4.71. The molecule has 0 aliphatic rings. The Hall–Kier alpha value is -4.96. The van der Waals surface area contributed by atoms with Crippen molar-refractivity contribution in [2.45, 2.75) is 6.54 Å². The number of esters is 1. The van der Waals surface area contributed by atoms with Gasteiger partial charge in [-0.05, 0) is 23.8 Å². The molecule has 1 aromatic heterocycles. The number of nitrogens with zero attached hydrogens (tertiary/aromatic N) is 4. The maximum Gasteiger partial charge on any atom is 0.331 e. The van der Waals surface area contributed by atoms with Crippen molar-refractivity contribution in [3.8, 4) is 17.3 Å². The standard InChI is InChI=1S/C29H24N4O3/c30-18-19-33(26-14-8-3-9-15-26)27(34)22-36-28(35)17-16-25-21-32(20-23-10-4-1-5-11-23)31-29(25)24-12-6-2-7-13-24/h1-17,21H,19-20,22H2/b17-16+. The number of benzene rings is 3. The highest BCUT2D eigenvalue weighted by Gasteiger charge is 2.17. The highest BCUT2D eigenvalue weighted by Crippen LogP contribution is 2.23. The van der Waals surface area contributed by atoms with E-state index in [9.17, 15) is 9.59 Å². The monoisotopic (exact) mass is 476 g/mol. The van der Waals surface area contributed by atoms with Gasteiger partial charge in [0.15, 0.2) is 6.61 Å². The Morgan fingerprint density at radius 3 is 2.25 bits per heavy atom.